The molecule has 1 saturated carbocycles. The molecule has 2 fully saturated rings. The van der Waals surface area contributed by atoms with Crippen molar-refractivity contribution in [1.29, 1.82) is 0 Å². The summed E-state index contributed by atoms with van der Waals surface area (Å²) in [6, 6.07) is 4.71. The van der Waals surface area contributed by atoms with Gasteiger partial charge in [-0.05, 0) is 42.5 Å². The summed E-state index contributed by atoms with van der Waals surface area (Å²) in [6.45, 7) is 6.69. The van der Waals surface area contributed by atoms with Crippen molar-refractivity contribution in [2.75, 3.05) is 13.3 Å². The number of fused-ring (bicyclic) bond motifs is 2. The van der Waals surface area contributed by atoms with Crippen molar-refractivity contribution < 1.29 is 14.6 Å². The fourth-order valence-corrected chi connectivity index (χ4v) is 4.97. The van der Waals surface area contributed by atoms with E-state index in [1.54, 1.807) is 0 Å². The number of benzene rings is 1. The van der Waals surface area contributed by atoms with Crippen LogP contribution in [0.3, 0.4) is 0 Å². The van der Waals surface area contributed by atoms with E-state index < -0.39 is 0 Å². The third-order valence-electron chi connectivity index (χ3n) is 5.86. The summed E-state index contributed by atoms with van der Waals surface area (Å²) >= 11 is 0. The van der Waals surface area contributed by atoms with Crippen molar-refractivity contribution in [3.63, 3.8) is 0 Å². The third-order valence-corrected chi connectivity index (χ3v) is 5.86. The van der Waals surface area contributed by atoms with E-state index in [1.165, 1.54) is 16.7 Å². The molecule has 1 aromatic rings. The first-order valence-corrected chi connectivity index (χ1v) is 7.72. The monoisotopic (exact) mass is 285 g/mol. The third kappa shape index (κ3) is 1.37. The Labute approximate surface area is 124 Å². The molecule has 1 aliphatic carbocycles. The van der Waals surface area contributed by atoms with Gasteiger partial charge in [0.1, 0.15) is 0 Å². The zero-order valence-electron chi connectivity index (χ0n) is 12.0. The lowest BCUT2D eigenvalue weighted by Gasteiger charge is -2.49. The Kier molecular flexibility index (Phi) is 2.19. The maximum absolute atomic E-state index is 10.1. The molecule has 5 rings (SSSR count). The molecule has 2 bridgehead atoms. The minimum Gasteiger partial charge on any atom is -0.454 e. The van der Waals surface area contributed by atoms with Gasteiger partial charge in [0.2, 0.25) is 6.79 Å². The smallest absolute Gasteiger partial charge is 0.231 e. The van der Waals surface area contributed by atoms with Crippen LogP contribution in [0.15, 0.2) is 24.3 Å². The highest BCUT2D eigenvalue weighted by Crippen LogP contribution is 2.57. The summed E-state index contributed by atoms with van der Waals surface area (Å²) in [4.78, 5) is 2.51. The molecule has 1 aromatic carbocycles. The van der Waals surface area contributed by atoms with Gasteiger partial charge in [-0.3, -0.25) is 4.90 Å². The average molecular weight is 285 g/mol. The summed E-state index contributed by atoms with van der Waals surface area (Å²) < 4.78 is 11.1. The van der Waals surface area contributed by atoms with E-state index in [2.05, 4.69) is 23.6 Å². The highest BCUT2D eigenvalue weighted by molar-refractivity contribution is 5.57. The van der Waals surface area contributed by atoms with Crippen LogP contribution in [-0.4, -0.2) is 35.5 Å². The Balaban J connectivity index is 1.73. The molecule has 21 heavy (non-hydrogen) atoms. The fourth-order valence-electron chi connectivity index (χ4n) is 4.97. The van der Waals surface area contributed by atoms with Crippen LogP contribution in [0, 0.1) is 0 Å². The normalized spacial score (nSPS) is 39.1. The average Bonchev–Trinajstić information content (AvgIpc) is 3.00. The minimum atomic E-state index is -0.244. The van der Waals surface area contributed by atoms with Crippen molar-refractivity contribution in [3.8, 4) is 11.5 Å². The van der Waals surface area contributed by atoms with Crippen molar-refractivity contribution >= 4 is 0 Å². The van der Waals surface area contributed by atoms with E-state index in [0.29, 0.717) is 12.8 Å². The molecule has 0 amide bonds. The quantitative estimate of drug-likeness (QED) is 0.740. The number of ether oxygens (including phenoxy) is 2. The van der Waals surface area contributed by atoms with Gasteiger partial charge in [-0.1, -0.05) is 12.2 Å². The van der Waals surface area contributed by atoms with Crippen LogP contribution in [0.1, 0.15) is 30.4 Å². The first-order valence-electron chi connectivity index (χ1n) is 7.72. The summed E-state index contributed by atoms with van der Waals surface area (Å²) in [7, 11) is 0. The van der Waals surface area contributed by atoms with Crippen molar-refractivity contribution in [3.05, 3.63) is 35.4 Å². The summed E-state index contributed by atoms with van der Waals surface area (Å²) in [5, 5.41) is 10.1. The van der Waals surface area contributed by atoms with Gasteiger partial charge in [0.25, 0.3) is 0 Å². The van der Waals surface area contributed by atoms with Gasteiger partial charge in [0, 0.05) is 24.5 Å². The van der Waals surface area contributed by atoms with Crippen LogP contribution in [0.2, 0.25) is 0 Å². The Morgan fingerprint density at radius 3 is 2.95 bits per heavy atom. The van der Waals surface area contributed by atoms with Crippen molar-refractivity contribution in [2.45, 2.75) is 43.4 Å². The van der Waals surface area contributed by atoms with Gasteiger partial charge >= 0.3 is 0 Å². The number of nitrogens with zero attached hydrogens (tertiary/aromatic N) is 1. The second-order valence-electron chi connectivity index (χ2n) is 6.77. The van der Waals surface area contributed by atoms with Gasteiger partial charge in [-0.15, -0.1) is 0 Å². The summed E-state index contributed by atoms with van der Waals surface area (Å²) in [6.07, 6.45) is 2.44. The maximum atomic E-state index is 10.1. The first-order chi connectivity index (χ1) is 10.2. The Morgan fingerprint density at radius 1 is 1.29 bits per heavy atom. The summed E-state index contributed by atoms with van der Waals surface area (Å²) in [5.74, 6) is 1.73. The highest BCUT2D eigenvalue weighted by Gasteiger charge is 2.56. The van der Waals surface area contributed by atoms with Gasteiger partial charge in [0.05, 0.1) is 6.10 Å². The minimum absolute atomic E-state index is 0.00773. The number of aliphatic hydroxyl groups is 1. The lowest BCUT2D eigenvalue weighted by atomic mass is 9.60. The number of hydrogen-bond acceptors (Lipinski definition) is 4. The molecule has 110 valence electrons. The predicted octanol–water partition coefficient (Wildman–Crippen LogP) is 1.95. The van der Waals surface area contributed by atoms with Crippen LogP contribution in [-0.2, 0) is 12.0 Å². The van der Waals surface area contributed by atoms with Crippen LogP contribution >= 0.6 is 0 Å². The Bertz CT molecular complexity index is 656. The Hall–Kier alpha value is -1.52. The standard InChI is InChI=1S/C17H19NO3/c1-10-4-12(19)6-16-17(10)2-3-18(16)8-11-5-14-15(7-13(11)17)21-9-20-14/h5,7,12,16,19H,1-4,6,8-9H2/t12-,16+,17-/m1/s1. The van der Waals surface area contributed by atoms with E-state index in [9.17, 15) is 5.11 Å². The molecular weight excluding hydrogens is 266 g/mol. The highest BCUT2D eigenvalue weighted by atomic mass is 16.7. The Morgan fingerprint density at radius 2 is 2.10 bits per heavy atom. The van der Waals surface area contributed by atoms with Crippen molar-refractivity contribution in [2.24, 2.45) is 0 Å². The summed E-state index contributed by atoms with van der Waals surface area (Å²) in [5.41, 5.74) is 3.90. The number of hydrogen-bond donors (Lipinski definition) is 1. The molecule has 0 spiro atoms. The number of aliphatic hydroxyl groups excluding tert-OH is 1. The van der Waals surface area contributed by atoms with Crippen LogP contribution < -0.4 is 9.47 Å². The molecule has 0 radical (unpaired) electrons. The molecule has 0 aromatic heterocycles. The van der Waals surface area contributed by atoms with Gasteiger partial charge in [0.15, 0.2) is 11.5 Å². The van der Waals surface area contributed by atoms with Gasteiger partial charge < -0.3 is 14.6 Å². The molecule has 4 heteroatoms. The predicted molar refractivity (Wildman–Crippen MR) is 77.4 cm³/mol. The molecule has 3 heterocycles. The van der Waals surface area contributed by atoms with E-state index in [-0.39, 0.29) is 11.5 Å². The zero-order chi connectivity index (χ0) is 14.2. The molecule has 4 nitrogen and oxygen atoms in total. The molecule has 4 aliphatic rings. The lowest BCUT2D eigenvalue weighted by molar-refractivity contribution is 0.0674. The van der Waals surface area contributed by atoms with Crippen molar-refractivity contribution in [1.82, 2.24) is 4.90 Å². The molecule has 1 N–H and O–H groups in total. The molecule has 1 unspecified atom stereocenters. The molecule has 4 atom stereocenters. The van der Waals surface area contributed by atoms with Crippen LogP contribution in [0.5, 0.6) is 11.5 Å². The maximum Gasteiger partial charge on any atom is 0.231 e. The van der Waals surface area contributed by atoms with E-state index in [1.807, 2.05) is 0 Å². The van der Waals surface area contributed by atoms with Gasteiger partial charge in [-0.2, -0.15) is 0 Å². The fraction of sp³-hybridized carbons (Fsp3) is 0.529. The first kappa shape index (κ1) is 12.1. The molecule has 3 aliphatic heterocycles. The van der Waals surface area contributed by atoms with E-state index in [0.717, 1.165) is 43.9 Å². The van der Waals surface area contributed by atoms with Crippen LogP contribution in [0.4, 0.5) is 0 Å². The van der Waals surface area contributed by atoms with E-state index >= 15 is 0 Å². The lowest BCUT2D eigenvalue weighted by Crippen LogP contribution is -2.52. The molecule has 1 saturated heterocycles. The second kappa shape index (κ2) is 3.81. The zero-order valence-corrected chi connectivity index (χ0v) is 12.0. The van der Waals surface area contributed by atoms with E-state index in [4.69, 9.17) is 9.47 Å². The molecular formula is C17H19NO3. The largest absolute Gasteiger partial charge is 0.454 e. The van der Waals surface area contributed by atoms with Crippen LogP contribution in [0.25, 0.3) is 0 Å². The second-order valence-corrected chi connectivity index (χ2v) is 6.77. The number of rotatable bonds is 0. The van der Waals surface area contributed by atoms with Gasteiger partial charge in [-0.25, -0.2) is 0 Å². The SMILES string of the molecule is C=C1C[C@@H](O)C[C@@H]2N3CC[C@]12c1cc2c(cc1C3)OCO2. The topological polar surface area (TPSA) is 41.9 Å².